The zero-order chi connectivity index (χ0) is 13.9. The number of hydrogen-bond acceptors (Lipinski definition) is 4. The van der Waals surface area contributed by atoms with Crippen LogP contribution in [0, 0.1) is 18.8 Å². The normalized spacial score (nSPS) is 23.2. The van der Waals surface area contributed by atoms with Crippen molar-refractivity contribution in [2.45, 2.75) is 13.3 Å². The zero-order valence-corrected chi connectivity index (χ0v) is 12.0. The average molecular weight is 283 g/mol. The molecule has 0 aromatic heterocycles. The smallest absolute Gasteiger partial charge is 0.150 e. The van der Waals surface area contributed by atoms with E-state index >= 15 is 0 Å². The van der Waals surface area contributed by atoms with Gasteiger partial charge in [-0.25, -0.2) is 8.42 Å². The molecule has 0 amide bonds. The minimum absolute atomic E-state index is 0.109. The quantitative estimate of drug-likeness (QED) is 0.886. The Morgan fingerprint density at radius 2 is 2.26 bits per heavy atom. The molecule has 106 valence electrons. The van der Waals surface area contributed by atoms with Crippen LogP contribution < -0.4 is 10.5 Å². The number of rotatable bonds is 5. The maximum Gasteiger partial charge on any atom is 0.150 e. The lowest BCUT2D eigenvalue weighted by molar-refractivity contribution is 0.209. The summed E-state index contributed by atoms with van der Waals surface area (Å²) in [6.07, 6.45) is 0.710. The molecule has 0 spiro atoms. The van der Waals surface area contributed by atoms with Crippen molar-refractivity contribution >= 4 is 9.84 Å². The number of ether oxygens (including phenoxy) is 1. The first-order valence-electron chi connectivity index (χ1n) is 6.60. The summed E-state index contributed by atoms with van der Waals surface area (Å²) in [5.74, 6) is 1.61. The van der Waals surface area contributed by atoms with E-state index in [9.17, 15) is 8.42 Å². The predicted octanol–water partition coefficient (Wildman–Crippen LogP) is 1.38. The molecule has 5 heteroatoms. The van der Waals surface area contributed by atoms with Crippen molar-refractivity contribution in [1.29, 1.82) is 0 Å². The molecule has 1 fully saturated rings. The molecule has 2 unspecified atom stereocenters. The van der Waals surface area contributed by atoms with Gasteiger partial charge in [-0.15, -0.1) is 0 Å². The van der Waals surface area contributed by atoms with Crippen LogP contribution in [0.15, 0.2) is 24.3 Å². The van der Waals surface area contributed by atoms with E-state index in [1.165, 1.54) is 0 Å². The summed E-state index contributed by atoms with van der Waals surface area (Å²) in [4.78, 5) is 0. The van der Waals surface area contributed by atoms with E-state index in [4.69, 9.17) is 10.5 Å². The Kier molecular flexibility index (Phi) is 4.47. The third-order valence-corrected chi connectivity index (χ3v) is 5.48. The van der Waals surface area contributed by atoms with Gasteiger partial charge in [0.25, 0.3) is 0 Å². The maximum atomic E-state index is 11.5. The van der Waals surface area contributed by atoms with E-state index in [0.717, 1.165) is 11.3 Å². The second-order valence-corrected chi connectivity index (χ2v) is 7.52. The molecule has 0 aliphatic carbocycles. The Morgan fingerprint density at radius 1 is 1.47 bits per heavy atom. The van der Waals surface area contributed by atoms with Crippen LogP contribution >= 0.6 is 0 Å². The zero-order valence-electron chi connectivity index (χ0n) is 11.2. The molecule has 0 bridgehead atoms. The highest BCUT2D eigenvalue weighted by molar-refractivity contribution is 7.91. The van der Waals surface area contributed by atoms with Gasteiger partial charge in [-0.3, -0.25) is 0 Å². The van der Waals surface area contributed by atoms with Crippen molar-refractivity contribution in [2.24, 2.45) is 17.6 Å². The fraction of sp³-hybridized carbons (Fsp3) is 0.571. The molecular weight excluding hydrogens is 262 g/mol. The van der Waals surface area contributed by atoms with Gasteiger partial charge >= 0.3 is 0 Å². The molecule has 2 N–H and O–H groups in total. The number of nitrogens with two attached hydrogens (primary N) is 1. The average Bonchev–Trinajstić information content (AvgIpc) is 2.71. The molecule has 2 atom stereocenters. The van der Waals surface area contributed by atoms with Crippen molar-refractivity contribution in [1.82, 2.24) is 0 Å². The van der Waals surface area contributed by atoms with Gasteiger partial charge in [0.1, 0.15) is 5.75 Å². The van der Waals surface area contributed by atoms with Crippen molar-refractivity contribution in [3.63, 3.8) is 0 Å². The second kappa shape index (κ2) is 5.92. The molecular formula is C14H21NO3S. The molecule has 2 rings (SSSR count). The SMILES string of the molecule is Cc1cccc(OCC(CN)C2CCS(=O)(=O)C2)c1. The van der Waals surface area contributed by atoms with Crippen molar-refractivity contribution in [3.05, 3.63) is 29.8 Å². The monoisotopic (exact) mass is 283 g/mol. The summed E-state index contributed by atoms with van der Waals surface area (Å²) < 4.78 is 28.7. The van der Waals surface area contributed by atoms with Gasteiger partial charge in [0.2, 0.25) is 0 Å². The molecule has 0 saturated carbocycles. The molecule has 1 saturated heterocycles. The van der Waals surface area contributed by atoms with Gasteiger partial charge in [0.15, 0.2) is 9.84 Å². The molecule has 19 heavy (non-hydrogen) atoms. The minimum atomic E-state index is -2.85. The van der Waals surface area contributed by atoms with Gasteiger partial charge in [-0.1, -0.05) is 12.1 Å². The Labute approximate surface area is 114 Å². The van der Waals surface area contributed by atoms with Crippen molar-refractivity contribution < 1.29 is 13.2 Å². The molecule has 1 heterocycles. The van der Waals surface area contributed by atoms with Gasteiger partial charge in [0, 0.05) is 5.92 Å². The van der Waals surface area contributed by atoms with E-state index in [-0.39, 0.29) is 17.6 Å². The maximum absolute atomic E-state index is 11.5. The molecule has 4 nitrogen and oxygen atoms in total. The summed E-state index contributed by atoms with van der Waals surface area (Å²) in [5, 5.41) is 0. The van der Waals surface area contributed by atoms with Crippen LogP contribution in [0.2, 0.25) is 0 Å². The lowest BCUT2D eigenvalue weighted by Crippen LogP contribution is -2.29. The molecule has 0 radical (unpaired) electrons. The Balaban J connectivity index is 1.93. The van der Waals surface area contributed by atoms with Crippen molar-refractivity contribution in [2.75, 3.05) is 24.7 Å². The van der Waals surface area contributed by atoms with E-state index in [2.05, 4.69) is 0 Å². The molecule has 1 aromatic carbocycles. The van der Waals surface area contributed by atoms with Crippen LogP contribution in [0.4, 0.5) is 0 Å². The molecule has 1 aliphatic heterocycles. The van der Waals surface area contributed by atoms with Crippen LogP contribution in [0.1, 0.15) is 12.0 Å². The van der Waals surface area contributed by atoms with E-state index < -0.39 is 9.84 Å². The topological polar surface area (TPSA) is 69.4 Å². The highest BCUT2D eigenvalue weighted by Crippen LogP contribution is 2.26. The number of hydrogen-bond donors (Lipinski definition) is 1. The van der Waals surface area contributed by atoms with Gasteiger partial charge < -0.3 is 10.5 Å². The van der Waals surface area contributed by atoms with Gasteiger partial charge in [-0.05, 0) is 43.5 Å². The van der Waals surface area contributed by atoms with E-state index in [1.54, 1.807) is 0 Å². The van der Waals surface area contributed by atoms with Crippen LogP contribution in [0.25, 0.3) is 0 Å². The second-order valence-electron chi connectivity index (χ2n) is 5.29. The standard InChI is InChI=1S/C14H21NO3S/c1-11-3-2-4-14(7-11)18-9-13(8-15)12-5-6-19(16,17)10-12/h2-4,7,12-13H,5-6,8-10,15H2,1H3. The number of benzene rings is 1. The number of aryl methyl sites for hydroxylation is 1. The van der Waals surface area contributed by atoms with Crippen LogP contribution in [-0.2, 0) is 9.84 Å². The fourth-order valence-electron chi connectivity index (χ4n) is 2.50. The molecule has 1 aromatic rings. The third-order valence-electron chi connectivity index (χ3n) is 3.69. The first-order chi connectivity index (χ1) is 9.00. The first kappa shape index (κ1) is 14.3. The summed E-state index contributed by atoms with van der Waals surface area (Å²) in [6, 6.07) is 7.84. The Morgan fingerprint density at radius 3 is 2.84 bits per heavy atom. The minimum Gasteiger partial charge on any atom is -0.493 e. The largest absolute Gasteiger partial charge is 0.493 e. The van der Waals surface area contributed by atoms with Gasteiger partial charge in [-0.2, -0.15) is 0 Å². The lowest BCUT2D eigenvalue weighted by Gasteiger charge is -2.21. The molecule has 1 aliphatic rings. The van der Waals surface area contributed by atoms with Crippen LogP contribution in [0.5, 0.6) is 5.75 Å². The van der Waals surface area contributed by atoms with Gasteiger partial charge in [0.05, 0.1) is 18.1 Å². The predicted molar refractivity (Wildman–Crippen MR) is 76.0 cm³/mol. The van der Waals surface area contributed by atoms with Crippen LogP contribution in [0.3, 0.4) is 0 Å². The van der Waals surface area contributed by atoms with Crippen LogP contribution in [-0.4, -0.2) is 33.1 Å². The lowest BCUT2D eigenvalue weighted by atomic mass is 9.93. The Hall–Kier alpha value is -1.07. The Bertz CT molecular complexity index is 527. The summed E-state index contributed by atoms with van der Waals surface area (Å²) in [5.41, 5.74) is 6.90. The summed E-state index contributed by atoms with van der Waals surface area (Å²) >= 11 is 0. The third kappa shape index (κ3) is 3.94. The van der Waals surface area contributed by atoms with E-state index in [0.29, 0.717) is 25.3 Å². The highest BCUT2D eigenvalue weighted by Gasteiger charge is 2.33. The van der Waals surface area contributed by atoms with Crippen molar-refractivity contribution in [3.8, 4) is 5.75 Å². The van der Waals surface area contributed by atoms with E-state index in [1.807, 2.05) is 31.2 Å². The fourth-order valence-corrected chi connectivity index (χ4v) is 4.42. The number of sulfone groups is 1. The first-order valence-corrected chi connectivity index (χ1v) is 8.42. The summed E-state index contributed by atoms with van der Waals surface area (Å²) in [6.45, 7) is 2.96. The highest BCUT2D eigenvalue weighted by atomic mass is 32.2. The summed E-state index contributed by atoms with van der Waals surface area (Å²) in [7, 11) is -2.85.